The number of β-amino-alcohol motifs (C(OH)–C–C–N with tert-alkyl or cyclic N) is 1. The van der Waals surface area contributed by atoms with Crippen molar-refractivity contribution < 1.29 is 33.7 Å². The van der Waals surface area contributed by atoms with Crippen molar-refractivity contribution >= 4 is 50.6 Å². The summed E-state index contributed by atoms with van der Waals surface area (Å²) in [7, 11) is 0. The number of rotatable bonds is 14. The van der Waals surface area contributed by atoms with E-state index in [1.54, 1.807) is 55.6 Å². The Balaban J connectivity index is 0.873. The van der Waals surface area contributed by atoms with E-state index < -0.39 is 47.0 Å². The van der Waals surface area contributed by atoms with Gasteiger partial charge < -0.3 is 35.4 Å². The molecule has 1 aliphatic carbocycles. The summed E-state index contributed by atoms with van der Waals surface area (Å²) in [5.41, 5.74) is 3.93. The molecule has 0 radical (unpaired) electrons. The molecule has 3 fully saturated rings. The number of thiazole rings is 1. The van der Waals surface area contributed by atoms with Crippen LogP contribution in [0.1, 0.15) is 81.3 Å². The van der Waals surface area contributed by atoms with Gasteiger partial charge in [-0.25, -0.2) is 9.37 Å². The number of halogens is 1. The Morgan fingerprint density at radius 2 is 1.84 bits per heavy atom. The highest BCUT2D eigenvalue weighted by molar-refractivity contribution is 7.19. The molecule has 3 aromatic heterocycles. The van der Waals surface area contributed by atoms with E-state index in [0.717, 1.165) is 70.8 Å². The third-order valence-corrected chi connectivity index (χ3v) is 14.4. The monoisotopic (exact) mass is 883 g/mol. The van der Waals surface area contributed by atoms with E-state index in [9.17, 15) is 29.0 Å². The van der Waals surface area contributed by atoms with E-state index in [1.165, 1.54) is 9.78 Å². The molecule has 0 unspecified atom stereocenters. The van der Waals surface area contributed by atoms with Gasteiger partial charge in [0.2, 0.25) is 11.8 Å². The van der Waals surface area contributed by atoms with Gasteiger partial charge in [-0.15, -0.1) is 32.9 Å². The van der Waals surface area contributed by atoms with E-state index in [-0.39, 0.29) is 38.1 Å². The SMILES string of the molecule is Cc1ncsc1-c1ccc(CNC(=O)[C@@H]2C[C@@H](O)CN2C(=O)[C@@H](NC(=O)C2(F)CC2)C(C)(C)C)c(OCCCN2CCC(c3cc4nnc(-c5ccccc5O)cc4s3)CC2)c1. The zero-order chi connectivity index (χ0) is 43.8. The number of aromatic nitrogens is 3. The Morgan fingerprint density at radius 3 is 2.55 bits per heavy atom. The van der Waals surface area contributed by atoms with Crippen LogP contribution in [0.15, 0.2) is 60.1 Å². The number of fused-ring (bicyclic) bond motifs is 1. The molecule has 5 heterocycles. The summed E-state index contributed by atoms with van der Waals surface area (Å²) >= 11 is 3.30. The molecule has 3 amide bonds. The maximum atomic E-state index is 14.6. The number of carbonyl (C=O) groups is 3. The standard InChI is InChI=1S/C46H54FN7O6S2/c1-27-40(61-26-49-27)29-10-11-30(24-48-42(57)35-21-31(55)25-54(35)43(58)41(45(2,3)4)50-44(59)46(47)14-15-46)37(20-29)60-19-7-16-53-17-12-28(13-18-53)38-23-34-39(62-38)22-33(51-52-34)32-8-5-6-9-36(32)56/h5-6,8-11,20,22-23,26,28,31,35,41,55-56H,7,12-19,21,24-25H2,1-4H3,(H,48,57)(H,50,59)/t31-,35+,41-/m1/s1. The lowest BCUT2D eigenvalue weighted by molar-refractivity contribution is -0.145. The number of thiophene rings is 1. The van der Waals surface area contributed by atoms with Crippen molar-refractivity contribution in [3.8, 4) is 33.2 Å². The van der Waals surface area contributed by atoms with E-state index in [0.29, 0.717) is 29.5 Å². The molecule has 5 aromatic rings. The fourth-order valence-corrected chi connectivity index (χ4v) is 10.4. The average Bonchev–Trinajstić information content (AvgIpc) is 3.53. The predicted molar refractivity (Wildman–Crippen MR) is 238 cm³/mol. The fraction of sp³-hybridized carbons (Fsp3) is 0.478. The summed E-state index contributed by atoms with van der Waals surface area (Å²) in [6, 6.07) is 15.2. The third kappa shape index (κ3) is 9.63. The highest BCUT2D eigenvalue weighted by Gasteiger charge is 2.53. The average molecular weight is 884 g/mol. The van der Waals surface area contributed by atoms with Crippen LogP contribution in [-0.4, -0.2) is 110 Å². The zero-order valence-electron chi connectivity index (χ0n) is 35.5. The first-order valence-electron chi connectivity index (χ1n) is 21.4. The number of piperidine rings is 1. The normalized spacial score (nSPS) is 19.7. The van der Waals surface area contributed by atoms with Crippen LogP contribution in [0, 0.1) is 12.3 Å². The Labute approximate surface area is 368 Å². The highest BCUT2D eigenvalue weighted by Crippen LogP contribution is 2.41. The number of likely N-dealkylation sites (tertiary alicyclic amines) is 2. The number of phenols is 1. The molecule has 328 valence electrons. The van der Waals surface area contributed by atoms with Crippen LogP contribution in [0.2, 0.25) is 0 Å². The first-order chi connectivity index (χ1) is 29.7. The number of carbonyl (C=O) groups excluding carboxylic acids is 3. The van der Waals surface area contributed by atoms with Gasteiger partial charge >= 0.3 is 0 Å². The van der Waals surface area contributed by atoms with E-state index >= 15 is 0 Å². The molecule has 2 aromatic carbocycles. The van der Waals surface area contributed by atoms with Crippen molar-refractivity contribution in [1.82, 2.24) is 35.6 Å². The van der Waals surface area contributed by atoms with Gasteiger partial charge in [-0.3, -0.25) is 14.4 Å². The van der Waals surface area contributed by atoms with Crippen LogP contribution >= 0.6 is 22.7 Å². The molecule has 16 heteroatoms. The number of amides is 3. The maximum Gasteiger partial charge on any atom is 0.258 e. The van der Waals surface area contributed by atoms with Crippen molar-refractivity contribution in [2.75, 3.05) is 32.8 Å². The maximum absolute atomic E-state index is 14.6. The molecule has 0 spiro atoms. The number of para-hydroxylation sites is 1. The number of aryl methyl sites for hydroxylation is 1. The molecule has 8 rings (SSSR count). The van der Waals surface area contributed by atoms with Crippen LogP contribution in [0.3, 0.4) is 0 Å². The number of aromatic hydroxyl groups is 1. The van der Waals surface area contributed by atoms with Crippen molar-refractivity contribution in [2.24, 2.45) is 5.41 Å². The van der Waals surface area contributed by atoms with Crippen molar-refractivity contribution in [3.63, 3.8) is 0 Å². The van der Waals surface area contributed by atoms with Gasteiger partial charge in [0, 0.05) is 42.1 Å². The summed E-state index contributed by atoms with van der Waals surface area (Å²) in [4.78, 5) is 51.0. The quantitative estimate of drug-likeness (QED) is 0.0875. The topological polar surface area (TPSA) is 170 Å². The minimum absolute atomic E-state index is 0.0418. The summed E-state index contributed by atoms with van der Waals surface area (Å²) in [6.45, 7) is 10.6. The molecular formula is C46H54FN7O6S2. The molecule has 3 aliphatic rings. The fourth-order valence-electron chi connectivity index (χ4n) is 8.36. The van der Waals surface area contributed by atoms with Crippen LogP contribution < -0.4 is 15.4 Å². The predicted octanol–water partition coefficient (Wildman–Crippen LogP) is 6.76. The number of alkyl halides is 1. The Kier molecular flexibility index (Phi) is 12.7. The van der Waals surface area contributed by atoms with E-state index in [1.807, 2.05) is 48.8 Å². The van der Waals surface area contributed by atoms with E-state index in [2.05, 4.69) is 36.8 Å². The second kappa shape index (κ2) is 18.0. The van der Waals surface area contributed by atoms with Crippen molar-refractivity contribution in [2.45, 2.75) is 103 Å². The van der Waals surface area contributed by atoms with Crippen molar-refractivity contribution in [1.29, 1.82) is 0 Å². The summed E-state index contributed by atoms with van der Waals surface area (Å²) in [5, 5.41) is 35.4. The minimum atomic E-state index is -1.96. The number of benzene rings is 2. The summed E-state index contributed by atoms with van der Waals surface area (Å²) in [5.74, 6) is -0.506. The Morgan fingerprint density at radius 1 is 1.06 bits per heavy atom. The molecule has 4 N–H and O–H groups in total. The molecule has 62 heavy (non-hydrogen) atoms. The molecule has 13 nitrogen and oxygen atoms in total. The van der Waals surface area contributed by atoms with Crippen LogP contribution in [0.5, 0.6) is 11.5 Å². The van der Waals surface area contributed by atoms with Crippen LogP contribution in [0.4, 0.5) is 4.39 Å². The number of phenolic OH excluding ortho intramolecular Hbond substituents is 1. The van der Waals surface area contributed by atoms with Crippen LogP contribution in [-0.2, 0) is 20.9 Å². The first-order valence-corrected chi connectivity index (χ1v) is 23.1. The van der Waals surface area contributed by atoms with Gasteiger partial charge in [0.05, 0.1) is 39.2 Å². The lowest BCUT2D eigenvalue weighted by Gasteiger charge is -2.35. The van der Waals surface area contributed by atoms with Crippen molar-refractivity contribution in [3.05, 3.63) is 76.2 Å². The second-order valence-electron chi connectivity index (χ2n) is 17.9. The second-order valence-corrected chi connectivity index (χ2v) is 19.9. The van der Waals surface area contributed by atoms with Gasteiger partial charge in [-0.05, 0) is 99.3 Å². The van der Waals surface area contributed by atoms with E-state index in [4.69, 9.17) is 4.74 Å². The summed E-state index contributed by atoms with van der Waals surface area (Å²) in [6.07, 6.45) is 2.23. The van der Waals surface area contributed by atoms with Gasteiger partial charge in [0.15, 0.2) is 5.67 Å². The molecule has 0 bridgehead atoms. The van der Waals surface area contributed by atoms with Gasteiger partial charge in [-0.2, -0.15) is 0 Å². The Bertz CT molecular complexity index is 2440. The number of hydrogen-bond acceptors (Lipinski definition) is 12. The first kappa shape index (κ1) is 43.6. The van der Waals surface area contributed by atoms with Gasteiger partial charge in [0.25, 0.3) is 5.91 Å². The summed E-state index contributed by atoms with van der Waals surface area (Å²) < 4.78 is 22.2. The third-order valence-electron chi connectivity index (χ3n) is 12.2. The Hall–Kier alpha value is -5.03. The van der Waals surface area contributed by atoms with Gasteiger partial charge in [-0.1, -0.05) is 45.0 Å². The lowest BCUT2D eigenvalue weighted by atomic mass is 9.85. The zero-order valence-corrected chi connectivity index (χ0v) is 37.2. The number of aliphatic hydroxyl groups is 1. The number of ether oxygens (including phenoxy) is 1. The molecule has 3 atom stereocenters. The molecular weight excluding hydrogens is 830 g/mol. The van der Waals surface area contributed by atoms with Gasteiger partial charge in [0.1, 0.15) is 29.1 Å². The molecule has 1 saturated carbocycles. The molecule has 2 saturated heterocycles. The lowest BCUT2D eigenvalue weighted by Crippen LogP contribution is -2.59. The largest absolute Gasteiger partial charge is 0.507 e. The van der Waals surface area contributed by atoms with Crippen LogP contribution in [0.25, 0.3) is 31.9 Å². The smallest absolute Gasteiger partial charge is 0.258 e. The highest BCUT2D eigenvalue weighted by atomic mass is 32.1. The number of aliphatic hydroxyl groups excluding tert-OH is 1. The number of nitrogens with one attached hydrogen (secondary N) is 2. The number of nitrogens with zero attached hydrogens (tertiary/aromatic N) is 5. The minimum Gasteiger partial charge on any atom is -0.507 e. The number of hydrogen-bond donors (Lipinski definition) is 4. The molecule has 2 aliphatic heterocycles.